The quantitative estimate of drug-likeness (QED) is 0.798. The van der Waals surface area contributed by atoms with Gasteiger partial charge in [0.1, 0.15) is 0 Å². The van der Waals surface area contributed by atoms with Crippen LogP contribution < -0.4 is 4.74 Å². The minimum Gasteiger partial charge on any atom is -0.477 e. The molecule has 0 saturated heterocycles. The van der Waals surface area contributed by atoms with Crippen LogP contribution in [-0.4, -0.2) is 16.7 Å². The molecular formula is C11H17NO2. The van der Waals surface area contributed by atoms with Gasteiger partial charge in [0.25, 0.3) is 0 Å². The van der Waals surface area contributed by atoms with Gasteiger partial charge in [-0.1, -0.05) is 13.8 Å². The molecule has 0 fully saturated rings. The van der Waals surface area contributed by atoms with Crippen molar-refractivity contribution in [3.63, 3.8) is 0 Å². The molecule has 1 aromatic heterocycles. The normalized spacial score (nSPS) is 10.6. The molecule has 0 atom stereocenters. The smallest absolute Gasteiger partial charge is 0.213 e. The Balaban J connectivity index is 2.71. The third kappa shape index (κ3) is 3.34. The lowest BCUT2D eigenvalue weighted by Gasteiger charge is -2.09. The Bertz CT molecular complexity index is 297. The minimum absolute atomic E-state index is 0.0292. The van der Waals surface area contributed by atoms with Gasteiger partial charge in [-0.3, -0.25) is 0 Å². The van der Waals surface area contributed by atoms with E-state index in [4.69, 9.17) is 9.84 Å². The summed E-state index contributed by atoms with van der Waals surface area (Å²) < 4.78 is 5.47. The molecule has 0 aliphatic heterocycles. The molecule has 0 unspecified atom stereocenters. The number of hydrogen-bond donors (Lipinski definition) is 1. The van der Waals surface area contributed by atoms with E-state index in [0.717, 1.165) is 11.3 Å². The lowest BCUT2D eigenvalue weighted by molar-refractivity contribution is 0.256. The van der Waals surface area contributed by atoms with E-state index < -0.39 is 0 Å². The number of aromatic nitrogens is 1. The maximum absolute atomic E-state index is 8.98. The molecule has 0 spiro atoms. The highest BCUT2D eigenvalue weighted by atomic mass is 16.5. The highest BCUT2D eigenvalue weighted by Gasteiger charge is 2.01. The Morgan fingerprint density at radius 3 is 2.71 bits per heavy atom. The number of nitrogens with zero attached hydrogens (tertiary/aromatic N) is 1. The van der Waals surface area contributed by atoms with Crippen LogP contribution in [0.1, 0.15) is 25.1 Å². The summed E-state index contributed by atoms with van der Waals surface area (Å²) in [5.41, 5.74) is 1.71. The summed E-state index contributed by atoms with van der Waals surface area (Å²) in [6.07, 6.45) is 0. The number of aliphatic hydroxyl groups excluding tert-OH is 1. The molecule has 0 bridgehead atoms. The second-order valence-electron chi connectivity index (χ2n) is 3.82. The van der Waals surface area contributed by atoms with Crippen molar-refractivity contribution in [2.24, 2.45) is 5.92 Å². The van der Waals surface area contributed by atoms with Crippen molar-refractivity contribution in [2.75, 3.05) is 6.61 Å². The topological polar surface area (TPSA) is 42.4 Å². The standard InChI is InChI=1S/C11H17NO2/c1-8(2)7-14-11-5-10(6-13)4-9(3)12-11/h4-5,8,13H,6-7H2,1-3H3. The SMILES string of the molecule is Cc1cc(CO)cc(OCC(C)C)n1. The number of aryl methyl sites for hydroxylation is 1. The van der Waals surface area contributed by atoms with Gasteiger partial charge in [0.15, 0.2) is 0 Å². The van der Waals surface area contributed by atoms with E-state index in [2.05, 4.69) is 18.8 Å². The van der Waals surface area contributed by atoms with Gasteiger partial charge >= 0.3 is 0 Å². The second-order valence-corrected chi connectivity index (χ2v) is 3.82. The zero-order valence-corrected chi connectivity index (χ0v) is 8.95. The summed E-state index contributed by atoms with van der Waals surface area (Å²) in [4.78, 5) is 4.22. The van der Waals surface area contributed by atoms with Crippen molar-refractivity contribution < 1.29 is 9.84 Å². The molecule has 14 heavy (non-hydrogen) atoms. The van der Waals surface area contributed by atoms with Crippen LogP contribution >= 0.6 is 0 Å². The molecule has 0 aliphatic carbocycles. The van der Waals surface area contributed by atoms with E-state index in [9.17, 15) is 0 Å². The van der Waals surface area contributed by atoms with Gasteiger partial charge in [-0.25, -0.2) is 4.98 Å². The Morgan fingerprint density at radius 2 is 2.14 bits per heavy atom. The van der Waals surface area contributed by atoms with Crippen LogP contribution in [0, 0.1) is 12.8 Å². The molecule has 1 heterocycles. The fourth-order valence-corrected chi connectivity index (χ4v) is 1.12. The molecule has 0 aliphatic rings. The van der Waals surface area contributed by atoms with Gasteiger partial charge in [0.2, 0.25) is 5.88 Å². The van der Waals surface area contributed by atoms with Crippen molar-refractivity contribution in [1.29, 1.82) is 0 Å². The Labute approximate surface area is 84.7 Å². The second kappa shape index (κ2) is 4.96. The van der Waals surface area contributed by atoms with Crippen LogP contribution in [0.5, 0.6) is 5.88 Å². The first-order valence-corrected chi connectivity index (χ1v) is 4.83. The number of hydrogen-bond acceptors (Lipinski definition) is 3. The van der Waals surface area contributed by atoms with Crippen molar-refractivity contribution in [2.45, 2.75) is 27.4 Å². The molecule has 0 amide bonds. The van der Waals surface area contributed by atoms with E-state index in [1.54, 1.807) is 6.07 Å². The fourth-order valence-electron chi connectivity index (χ4n) is 1.12. The molecular weight excluding hydrogens is 178 g/mol. The summed E-state index contributed by atoms with van der Waals surface area (Å²) >= 11 is 0. The van der Waals surface area contributed by atoms with Gasteiger partial charge in [-0.15, -0.1) is 0 Å². The molecule has 0 aromatic carbocycles. The van der Waals surface area contributed by atoms with Crippen LogP contribution in [0.3, 0.4) is 0 Å². The van der Waals surface area contributed by atoms with Crippen molar-refractivity contribution in [3.8, 4) is 5.88 Å². The highest BCUT2D eigenvalue weighted by Crippen LogP contribution is 2.13. The minimum atomic E-state index is 0.0292. The Morgan fingerprint density at radius 1 is 1.43 bits per heavy atom. The first-order valence-electron chi connectivity index (χ1n) is 4.83. The summed E-state index contributed by atoms with van der Waals surface area (Å²) in [6, 6.07) is 3.62. The van der Waals surface area contributed by atoms with Crippen LogP contribution in [0.25, 0.3) is 0 Å². The van der Waals surface area contributed by atoms with Gasteiger partial charge in [0.05, 0.1) is 13.2 Å². The lowest BCUT2D eigenvalue weighted by atomic mass is 10.2. The molecule has 0 saturated carbocycles. The average Bonchev–Trinajstić information content (AvgIpc) is 2.14. The molecule has 78 valence electrons. The van der Waals surface area contributed by atoms with Crippen LogP contribution in [-0.2, 0) is 6.61 Å². The molecule has 3 heteroatoms. The molecule has 1 N–H and O–H groups in total. The van der Waals surface area contributed by atoms with Crippen LogP contribution in [0.4, 0.5) is 0 Å². The van der Waals surface area contributed by atoms with Gasteiger partial charge < -0.3 is 9.84 Å². The number of ether oxygens (including phenoxy) is 1. The van der Waals surface area contributed by atoms with E-state index in [-0.39, 0.29) is 6.61 Å². The first kappa shape index (κ1) is 11.0. The fraction of sp³-hybridized carbons (Fsp3) is 0.545. The van der Waals surface area contributed by atoms with Crippen molar-refractivity contribution in [1.82, 2.24) is 4.98 Å². The maximum Gasteiger partial charge on any atom is 0.213 e. The average molecular weight is 195 g/mol. The summed E-state index contributed by atoms with van der Waals surface area (Å²) in [5, 5.41) is 8.98. The summed E-state index contributed by atoms with van der Waals surface area (Å²) in [6.45, 7) is 6.75. The third-order valence-electron chi connectivity index (χ3n) is 1.74. The Kier molecular flexibility index (Phi) is 3.89. The first-order chi connectivity index (χ1) is 6.61. The summed E-state index contributed by atoms with van der Waals surface area (Å²) in [7, 11) is 0. The lowest BCUT2D eigenvalue weighted by Crippen LogP contribution is -2.06. The third-order valence-corrected chi connectivity index (χ3v) is 1.74. The zero-order chi connectivity index (χ0) is 10.6. The van der Waals surface area contributed by atoms with Crippen molar-refractivity contribution in [3.05, 3.63) is 23.4 Å². The highest BCUT2D eigenvalue weighted by molar-refractivity contribution is 5.23. The van der Waals surface area contributed by atoms with Crippen LogP contribution in [0.15, 0.2) is 12.1 Å². The zero-order valence-electron chi connectivity index (χ0n) is 8.95. The maximum atomic E-state index is 8.98. The van der Waals surface area contributed by atoms with Crippen molar-refractivity contribution >= 4 is 0 Å². The van der Waals surface area contributed by atoms with E-state index >= 15 is 0 Å². The molecule has 1 rings (SSSR count). The van der Waals surface area contributed by atoms with Gasteiger partial charge in [0, 0.05) is 11.8 Å². The predicted molar refractivity (Wildman–Crippen MR) is 55.2 cm³/mol. The molecule has 3 nitrogen and oxygen atoms in total. The monoisotopic (exact) mass is 195 g/mol. The largest absolute Gasteiger partial charge is 0.477 e. The molecule has 1 aromatic rings. The predicted octanol–water partition coefficient (Wildman–Crippen LogP) is 1.92. The van der Waals surface area contributed by atoms with Gasteiger partial charge in [-0.05, 0) is 24.5 Å². The number of rotatable bonds is 4. The summed E-state index contributed by atoms with van der Waals surface area (Å²) in [5.74, 6) is 1.08. The van der Waals surface area contributed by atoms with E-state index in [1.807, 2.05) is 13.0 Å². The van der Waals surface area contributed by atoms with Crippen LogP contribution in [0.2, 0.25) is 0 Å². The molecule has 0 radical (unpaired) electrons. The number of pyridine rings is 1. The number of aliphatic hydroxyl groups is 1. The van der Waals surface area contributed by atoms with Gasteiger partial charge in [-0.2, -0.15) is 0 Å². The Hall–Kier alpha value is -1.09. The van der Waals surface area contributed by atoms with E-state index in [1.165, 1.54) is 0 Å². The van der Waals surface area contributed by atoms with E-state index in [0.29, 0.717) is 18.4 Å².